The number of hydrogen-bond donors (Lipinski definition) is 3. The van der Waals surface area contributed by atoms with Gasteiger partial charge in [0.25, 0.3) is 5.91 Å². The second kappa shape index (κ2) is 10.4. The Hall–Kier alpha value is -3.65. The third-order valence-electron chi connectivity index (χ3n) is 7.32. The van der Waals surface area contributed by atoms with Gasteiger partial charge in [-0.05, 0) is 42.0 Å². The number of aromatic nitrogens is 1. The fourth-order valence-electron chi connectivity index (χ4n) is 5.66. The van der Waals surface area contributed by atoms with Crippen molar-refractivity contribution < 1.29 is 19.1 Å². The molecule has 2 aliphatic heterocycles. The number of carbonyl (C=O) groups excluding carboxylic acids is 3. The van der Waals surface area contributed by atoms with Gasteiger partial charge >= 0.3 is 0 Å². The Bertz CT molecular complexity index is 1330. The average Bonchev–Trinajstić information content (AvgIpc) is 3.41. The molecule has 0 saturated heterocycles. The highest BCUT2D eigenvalue weighted by Gasteiger charge is 2.49. The third-order valence-corrected chi connectivity index (χ3v) is 7.32. The smallest absolute Gasteiger partial charge is 0.255 e. The second-order valence-corrected chi connectivity index (χ2v) is 10.3. The van der Waals surface area contributed by atoms with Crippen molar-refractivity contribution in [2.45, 2.75) is 51.2 Å². The van der Waals surface area contributed by atoms with Crippen molar-refractivity contribution in [3.8, 4) is 0 Å². The van der Waals surface area contributed by atoms with Gasteiger partial charge in [-0.1, -0.05) is 50.2 Å². The second-order valence-electron chi connectivity index (χ2n) is 10.3. The maximum absolute atomic E-state index is 13.9. The van der Waals surface area contributed by atoms with Gasteiger partial charge in [-0.15, -0.1) is 0 Å². The summed E-state index contributed by atoms with van der Waals surface area (Å²) in [4.78, 5) is 45.7. The fraction of sp³-hybridized carbons (Fsp3) is 0.414. The SMILES string of the molecule is COCCCNC(=O)[C@H](CC(C)C)NC(=O)[C@@H]1Cc2c([nH]c3ccccc23)[C@H]2c3ccccc3C(=O)N21. The molecule has 194 valence electrons. The molecule has 3 atom stereocenters. The minimum Gasteiger partial charge on any atom is -0.385 e. The molecule has 2 aliphatic rings. The molecule has 0 saturated carbocycles. The molecule has 8 nitrogen and oxygen atoms in total. The number of rotatable bonds is 9. The number of hydrogen-bond acceptors (Lipinski definition) is 4. The predicted octanol–water partition coefficient (Wildman–Crippen LogP) is 3.32. The summed E-state index contributed by atoms with van der Waals surface area (Å²) in [6.45, 7) is 5.07. The average molecular weight is 503 g/mol. The van der Waals surface area contributed by atoms with Gasteiger partial charge in [0, 0.05) is 48.8 Å². The summed E-state index contributed by atoms with van der Waals surface area (Å²) in [5.41, 5.74) is 4.50. The first-order valence-corrected chi connectivity index (χ1v) is 13.0. The summed E-state index contributed by atoms with van der Waals surface area (Å²) in [5, 5.41) is 6.98. The molecule has 0 bridgehead atoms. The topological polar surface area (TPSA) is 104 Å². The fourth-order valence-corrected chi connectivity index (χ4v) is 5.66. The van der Waals surface area contributed by atoms with Crippen molar-refractivity contribution in [2.75, 3.05) is 20.3 Å². The van der Waals surface area contributed by atoms with E-state index >= 15 is 0 Å². The summed E-state index contributed by atoms with van der Waals surface area (Å²) < 4.78 is 5.06. The normalized spacial score (nSPS) is 18.9. The van der Waals surface area contributed by atoms with Crippen LogP contribution in [0.4, 0.5) is 0 Å². The van der Waals surface area contributed by atoms with E-state index in [0.717, 1.165) is 27.7 Å². The number of H-pyrrole nitrogens is 1. The first kappa shape index (κ1) is 25.0. The minimum atomic E-state index is -0.729. The van der Waals surface area contributed by atoms with Gasteiger partial charge in [0.05, 0.1) is 6.04 Å². The summed E-state index contributed by atoms with van der Waals surface area (Å²) in [6, 6.07) is 13.8. The number of carbonyl (C=O) groups is 3. The Kier molecular flexibility index (Phi) is 7.02. The van der Waals surface area contributed by atoms with E-state index < -0.39 is 12.1 Å². The zero-order chi connectivity index (χ0) is 26.1. The van der Waals surface area contributed by atoms with E-state index in [4.69, 9.17) is 4.74 Å². The Morgan fingerprint density at radius 3 is 2.68 bits per heavy atom. The Morgan fingerprint density at radius 1 is 1.14 bits per heavy atom. The Labute approximate surface area is 216 Å². The lowest BCUT2D eigenvalue weighted by Gasteiger charge is -2.37. The molecule has 0 spiro atoms. The highest BCUT2D eigenvalue weighted by atomic mass is 16.5. The number of benzene rings is 2. The molecule has 0 unspecified atom stereocenters. The van der Waals surface area contributed by atoms with Crippen molar-refractivity contribution in [1.82, 2.24) is 20.5 Å². The standard InChI is InChI=1S/C29H34N4O4/c1-17(2)15-23(27(34)30-13-8-14-37-3)32-28(35)24-16-21-18-9-6-7-12-22(18)31-25(21)26-19-10-4-5-11-20(19)29(36)33(24)26/h4-7,9-12,17,23-24,26,31H,8,13-16H2,1-3H3,(H,30,34)(H,32,35)/t23-,24-,26+/m0/s1. The van der Waals surface area contributed by atoms with Crippen LogP contribution in [0.1, 0.15) is 59.9 Å². The molecule has 8 heteroatoms. The number of fused-ring (bicyclic) bond motifs is 7. The number of ether oxygens (including phenoxy) is 1. The van der Waals surface area contributed by atoms with Crippen molar-refractivity contribution in [1.29, 1.82) is 0 Å². The van der Waals surface area contributed by atoms with Gasteiger partial charge in [-0.3, -0.25) is 14.4 Å². The van der Waals surface area contributed by atoms with Crippen molar-refractivity contribution in [2.24, 2.45) is 5.92 Å². The first-order chi connectivity index (χ1) is 17.9. The molecule has 1 aromatic heterocycles. The van der Waals surface area contributed by atoms with Gasteiger partial charge in [0.1, 0.15) is 12.1 Å². The number of nitrogens with one attached hydrogen (secondary N) is 3. The molecule has 3 aromatic rings. The zero-order valence-corrected chi connectivity index (χ0v) is 21.5. The van der Waals surface area contributed by atoms with Crippen LogP contribution in [0.25, 0.3) is 10.9 Å². The van der Waals surface area contributed by atoms with Crippen molar-refractivity contribution in [3.05, 3.63) is 70.9 Å². The van der Waals surface area contributed by atoms with E-state index in [-0.39, 0.29) is 29.7 Å². The van der Waals surface area contributed by atoms with E-state index in [1.54, 1.807) is 12.0 Å². The van der Waals surface area contributed by atoms with Crippen LogP contribution >= 0.6 is 0 Å². The minimum absolute atomic E-state index is 0.158. The van der Waals surface area contributed by atoms with E-state index in [9.17, 15) is 14.4 Å². The molecule has 5 rings (SSSR count). The van der Waals surface area contributed by atoms with Crippen LogP contribution in [0.5, 0.6) is 0 Å². The van der Waals surface area contributed by atoms with Gasteiger partial charge < -0.3 is 25.3 Å². The lowest BCUT2D eigenvalue weighted by molar-refractivity contribution is -0.132. The Balaban J connectivity index is 1.47. The lowest BCUT2D eigenvalue weighted by Crippen LogP contribution is -2.56. The van der Waals surface area contributed by atoms with E-state index in [2.05, 4.69) is 15.6 Å². The molecular formula is C29H34N4O4. The summed E-state index contributed by atoms with van der Waals surface area (Å²) in [7, 11) is 1.62. The highest BCUT2D eigenvalue weighted by molar-refractivity contribution is 6.04. The summed E-state index contributed by atoms with van der Waals surface area (Å²) >= 11 is 0. The van der Waals surface area contributed by atoms with Crippen LogP contribution in [-0.4, -0.2) is 60.0 Å². The van der Waals surface area contributed by atoms with E-state index in [1.165, 1.54) is 0 Å². The van der Waals surface area contributed by atoms with Gasteiger partial charge in [-0.25, -0.2) is 0 Å². The van der Waals surface area contributed by atoms with Gasteiger partial charge in [0.15, 0.2) is 0 Å². The summed E-state index contributed by atoms with van der Waals surface area (Å²) in [5.74, 6) is -0.476. The lowest BCUT2D eigenvalue weighted by atomic mass is 9.89. The van der Waals surface area contributed by atoms with E-state index in [1.807, 2.05) is 62.4 Å². The van der Waals surface area contributed by atoms with Crippen LogP contribution in [0, 0.1) is 5.92 Å². The largest absolute Gasteiger partial charge is 0.385 e. The van der Waals surface area contributed by atoms with Crippen LogP contribution in [-0.2, 0) is 20.7 Å². The highest BCUT2D eigenvalue weighted by Crippen LogP contribution is 2.46. The van der Waals surface area contributed by atoms with Gasteiger partial charge in [0.2, 0.25) is 11.8 Å². The maximum Gasteiger partial charge on any atom is 0.255 e. The molecule has 0 aliphatic carbocycles. The number of methoxy groups -OCH3 is 1. The van der Waals surface area contributed by atoms with Crippen molar-refractivity contribution in [3.63, 3.8) is 0 Å². The molecule has 3 heterocycles. The van der Waals surface area contributed by atoms with Crippen molar-refractivity contribution >= 4 is 28.6 Å². The number of aromatic amines is 1. The Morgan fingerprint density at radius 2 is 1.89 bits per heavy atom. The first-order valence-electron chi connectivity index (χ1n) is 13.0. The molecule has 2 aromatic carbocycles. The molecule has 0 radical (unpaired) electrons. The zero-order valence-electron chi connectivity index (χ0n) is 21.5. The van der Waals surface area contributed by atoms with Gasteiger partial charge in [-0.2, -0.15) is 0 Å². The molecule has 37 heavy (non-hydrogen) atoms. The van der Waals surface area contributed by atoms with Crippen LogP contribution in [0.3, 0.4) is 0 Å². The number of amides is 3. The molecular weight excluding hydrogens is 468 g/mol. The number of nitrogens with zero attached hydrogens (tertiary/aromatic N) is 1. The maximum atomic E-state index is 13.9. The molecule has 0 fully saturated rings. The van der Waals surface area contributed by atoms with Crippen LogP contribution < -0.4 is 10.6 Å². The number of para-hydroxylation sites is 1. The predicted molar refractivity (Wildman–Crippen MR) is 141 cm³/mol. The van der Waals surface area contributed by atoms with E-state index in [0.29, 0.717) is 38.0 Å². The summed E-state index contributed by atoms with van der Waals surface area (Å²) in [6.07, 6.45) is 1.58. The molecule has 3 amide bonds. The van der Waals surface area contributed by atoms with Crippen LogP contribution in [0.15, 0.2) is 48.5 Å². The molecule has 3 N–H and O–H groups in total. The monoisotopic (exact) mass is 502 g/mol. The quantitative estimate of drug-likeness (QED) is 0.391. The van der Waals surface area contributed by atoms with Crippen LogP contribution in [0.2, 0.25) is 0 Å². The third kappa shape index (κ3) is 4.62.